The van der Waals surface area contributed by atoms with Crippen LogP contribution in [0.2, 0.25) is 0 Å². The first-order valence-corrected chi connectivity index (χ1v) is 9.50. The Morgan fingerprint density at radius 3 is 2.78 bits per heavy atom. The first-order valence-electron chi connectivity index (χ1n) is 7.68. The van der Waals surface area contributed by atoms with Crippen molar-refractivity contribution in [1.82, 2.24) is 10.3 Å². The molecule has 1 aromatic heterocycles. The van der Waals surface area contributed by atoms with Gasteiger partial charge in [0.05, 0.1) is 16.9 Å². The van der Waals surface area contributed by atoms with Gasteiger partial charge in [0.2, 0.25) is 5.91 Å². The number of amides is 1. The molecule has 122 valence electrons. The van der Waals surface area contributed by atoms with Crippen molar-refractivity contribution in [3.63, 3.8) is 0 Å². The summed E-state index contributed by atoms with van der Waals surface area (Å²) in [4.78, 5) is 15.8. The minimum Gasteiger partial charge on any atom is -0.361 e. The molecule has 0 spiro atoms. The molecule has 2 aliphatic rings. The number of carbonyl (C=O) groups excluding carboxylic acids is 1. The van der Waals surface area contributed by atoms with E-state index in [2.05, 4.69) is 10.3 Å². The van der Waals surface area contributed by atoms with Crippen molar-refractivity contribution in [2.75, 3.05) is 11.5 Å². The van der Waals surface area contributed by atoms with Gasteiger partial charge in [-0.1, -0.05) is 0 Å². The fourth-order valence-corrected chi connectivity index (χ4v) is 5.14. The van der Waals surface area contributed by atoms with Crippen LogP contribution >= 0.6 is 0 Å². The summed E-state index contributed by atoms with van der Waals surface area (Å²) < 4.78 is 36.6. The van der Waals surface area contributed by atoms with Crippen molar-refractivity contribution >= 4 is 26.6 Å². The van der Waals surface area contributed by atoms with Gasteiger partial charge >= 0.3 is 0 Å². The monoisotopic (exact) mass is 336 g/mol. The van der Waals surface area contributed by atoms with Crippen molar-refractivity contribution in [2.24, 2.45) is 0 Å². The number of nitrogens with one attached hydrogen (secondary N) is 2. The minimum atomic E-state index is -3.03. The first kappa shape index (κ1) is 14.7. The van der Waals surface area contributed by atoms with Gasteiger partial charge in [0.25, 0.3) is 0 Å². The van der Waals surface area contributed by atoms with Crippen LogP contribution in [0.1, 0.15) is 24.8 Å². The molecule has 1 aromatic carbocycles. The van der Waals surface area contributed by atoms with Gasteiger partial charge in [-0.15, -0.1) is 0 Å². The minimum absolute atomic E-state index is 0.0112. The fourth-order valence-electron chi connectivity index (χ4n) is 3.46. The Kier molecular flexibility index (Phi) is 3.07. The SMILES string of the molecule is O=C(NC1CCS(=O)(=O)C1)C1(c2c[nH]c3ccc(F)cc23)CC1. The molecule has 2 heterocycles. The Hall–Kier alpha value is -1.89. The van der Waals surface area contributed by atoms with Crippen LogP contribution in [0.5, 0.6) is 0 Å². The Morgan fingerprint density at radius 2 is 2.13 bits per heavy atom. The molecule has 23 heavy (non-hydrogen) atoms. The van der Waals surface area contributed by atoms with E-state index in [0.29, 0.717) is 19.3 Å². The van der Waals surface area contributed by atoms with E-state index in [0.717, 1.165) is 16.5 Å². The number of sulfone groups is 1. The fraction of sp³-hybridized carbons (Fsp3) is 0.438. The summed E-state index contributed by atoms with van der Waals surface area (Å²) in [6.07, 6.45) is 3.62. The molecule has 2 aromatic rings. The zero-order chi connectivity index (χ0) is 16.2. The van der Waals surface area contributed by atoms with Crippen LogP contribution in [0.4, 0.5) is 4.39 Å². The second kappa shape index (κ2) is 4.80. The van der Waals surface area contributed by atoms with Gasteiger partial charge in [-0.05, 0) is 43.0 Å². The smallest absolute Gasteiger partial charge is 0.230 e. The number of halogens is 1. The second-order valence-corrected chi connectivity index (χ2v) is 8.78. The number of aromatic nitrogens is 1. The molecule has 1 aliphatic heterocycles. The maximum absolute atomic E-state index is 13.5. The van der Waals surface area contributed by atoms with E-state index in [1.54, 1.807) is 12.3 Å². The van der Waals surface area contributed by atoms with Crippen LogP contribution in [0.3, 0.4) is 0 Å². The number of benzene rings is 1. The van der Waals surface area contributed by atoms with Crippen LogP contribution in [0.25, 0.3) is 10.9 Å². The maximum Gasteiger partial charge on any atom is 0.230 e. The highest BCUT2D eigenvalue weighted by Gasteiger charge is 2.53. The van der Waals surface area contributed by atoms with Gasteiger partial charge in [-0.2, -0.15) is 0 Å². The third kappa shape index (κ3) is 2.43. The summed E-state index contributed by atoms with van der Waals surface area (Å²) in [7, 11) is -3.03. The van der Waals surface area contributed by atoms with E-state index in [4.69, 9.17) is 0 Å². The van der Waals surface area contributed by atoms with Gasteiger partial charge < -0.3 is 10.3 Å². The highest BCUT2D eigenvalue weighted by molar-refractivity contribution is 7.91. The molecule has 1 saturated heterocycles. The van der Waals surface area contributed by atoms with Crippen LogP contribution in [-0.4, -0.2) is 36.9 Å². The summed E-state index contributed by atoms with van der Waals surface area (Å²) in [5.41, 5.74) is 0.938. The number of rotatable bonds is 3. The first-order chi connectivity index (χ1) is 10.9. The van der Waals surface area contributed by atoms with Crippen molar-refractivity contribution in [2.45, 2.75) is 30.7 Å². The molecule has 5 nitrogen and oxygen atoms in total. The van der Waals surface area contributed by atoms with Crippen LogP contribution in [0.15, 0.2) is 24.4 Å². The lowest BCUT2D eigenvalue weighted by Gasteiger charge is -2.18. The van der Waals surface area contributed by atoms with Crippen molar-refractivity contribution < 1.29 is 17.6 Å². The highest BCUT2D eigenvalue weighted by Crippen LogP contribution is 2.50. The standard InChI is InChI=1S/C16H17FN2O3S/c17-10-1-2-14-12(7-10)13(8-18-14)16(4-5-16)15(20)19-11-3-6-23(21,22)9-11/h1-2,7-8,11,18H,3-6,9H2,(H,19,20). The van der Waals surface area contributed by atoms with Crippen LogP contribution in [0, 0.1) is 5.82 Å². The molecular formula is C16H17FN2O3S. The lowest BCUT2D eigenvalue weighted by Crippen LogP contribution is -2.42. The number of hydrogen-bond acceptors (Lipinski definition) is 3. The van der Waals surface area contributed by atoms with Gasteiger partial charge in [-0.25, -0.2) is 12.8 Å². The third-order valence-electron chi connectivity index (χ3n) is 4.91. The second-order valence-electron chi connectivity index (χ2n) is 6.55. The molecule has 4 rings (SSSR count). The molecule has 1 amide bonds. The number of aromatic amines is 1. The molecule has 1 saturated carbocycles. The van der Waals surface area contributed by atoms with E-state index < -0.39 is 15.3 Å². The largest absolute Gasteiger partial charge is 0.361 e. The van der Waals surface area contributed by atoms with E-state index in [1.165, 1.54) is 12.1 Å². The van der Waals surface area contributed by atoms with Crippen molar-refractivity contribution in [3.8, 4) is 0 Å². The Morgan fingerprint density at radius 1 is 1.35 bits per heavy atom. The quantitative estimate of drug-likeness (QED) is 0.894. The topological polar surface area (TPSA) is 79.0 Å². The molecule has 1 atom stereocenters. The number of fused-ring (bicyclic) bond motifs is 1. The summed E-state index contributed by atoms with van der Waals surface area (Å²) in [5.74, 6) is -0.346. The van der Waals surface area contributed by atoms with E-state index >= 15 is 0 Å². The lowest BCUT2D eigenvalue weighted by atomic mass is 9.94. The number of H-pyrrole nitrogens is 1. The number of hydrogen-bond donors (Lipinski definition) is 2. The van der Waals surface area contributed by atoms with Crippen LogP contribution in [-0.2, 0) is 20.0 Å². The van der Waals surface area contributed by atoms with Gasteiger partial charge in [0.1, 0.15) is 5.82 Å². The zero-order valence-corrected chi connectivity index (χ0v) is 13.2. The van der Waals surface area contributed by atoms with Gasteiger partial charge in [-0.3, -0.25) is 4.79 Å². The molecule has 2 fully saturated rings. The molecule has 1 unspecified atom stereocenters. The molecule has 0 radical (unpaired) electrons. The zero-order valence-electron chi connectivity index (χ0n) is 12.4. The Bertz CT molecular complexity index is 899. The third-order valence-corrected chi connectivity index (χ3v) is 6.68. The molecular weight excluding hydrogens is 319 g/mol. The molecule has 2 N–H and O–H groups in total. The Labute approximate surface area is 133 Å². The Balaban J connectivity index is 1.62. The summed E-state index contributed by atoms with van der Waals surface area (Å²) in [6.45, 7) is 0. The van der Waals surface area contributed by atoms with E-state index in [9.17, 15) is 17.6 Å². The maximum atomic E-state index is 13.5. The average molecular weight is 336 g/mol. The van der Waals surface area contributed by atoms with E-state index in [1.807, 2.05) is 0 Å². The summed E-state index contributed by atoms with van der Waals surface area (Å²) in [6, 6.07) is 4.17. The van der Waals surface area contributed by atoms with Crippen LogP contribution < -0.4 is 5.32 Å². The predicted molar refractivity (Wildman–Crippen MR) is 84.4 cm³/mol. The molecule has 0 bridgehead atoms. The average Bonchev–Trinajstić information content (AvgIpc) is 3.08. The normalized spacial score (nSPS) is 24.7. The molecule has 1 aliphatic carbocycles. The predicted octanol–water partition coefficient (Wildman–Crippen LogP) is 1.64. The van der Waals surface area contributed by atoms with Gasteiger partial charge in [0.15, 0.2) is 9.84 Å². The molecule has 7 heteroatoms. The van der Waals surface area contributed by atoms with Crippen molar-refractivity contribution in [3.05, 3.63) is 35.8 Å². The lowest BCUT2D eigenvalue weighted by molar-refractivity contribution is -0.124. The van der Waals surface area contributed by atoms with E-state index in [-0.39, 0.29) is 29.3 Å². The highest BCUT2D eigenvalue weighted by atomic mass is 32.2. The summed E-state index contributed by atoms with van der Waals surface area (Å²) in [5, 5.41) is 3.60. The van der Waals surface area contributed by atoms with Gasteiger partial charge in [0, 0.05) is 23.1 Å². The van der Waals surface area contributed by atoms with Crippen molar-refractivity contribution in [1.29, 1.82) is 0 Å². The number of carbonyl (C=O) groups is 1. The summed E-state index contributed by atoms with van der Waals surface area (Å²) >= 11 is 0.